The zero-order chi connectivity index (χ0) is 14.5. The number of hydrogen-bond acceptors (Lipinski definition) is 7. The van der Waals surface area contributed by atoms with Crippen LogP contribution in [0.5, 0.6) is 6.01 Å². The van der Waals surface area contributed by atoms with Gasteiger partial charge in [0, 0.05) is 32.2 Å². The van der Waals surface area contributed by atoms with E-state index in [2.05, 4.69) is 51.0 Å². The van der Waals surface area contributed by atoms with Gasteiger partial charge in [0.15, 0.2) is 0 Å². The maximum Gasteiger partial charge on any atom is 0.322 e. The van der Waals surface area contributed by atoms with E-state index >= 15 is 0 Å². The Morgan fingerprint density at radius 3 is 2.75 bits per heavy atom. The van der Waals surface area contributed by atoms with Gasteiger partial charge in [-0.25, -0.2) is 0 Å². The van der Waals surface area contributed by atoms with Crippen molar-refractivity contribution in [3.8, 4) is 6.01 Å². The van der Waals surface area contributed by atoms with Gasteiger partial charge in [-0.05, 0) is 20.4 Å². The third-order valence-corrected chi connectivity index (χ3v) is 3.41. The molecular formula is C13H24N6O. The average Bonchev–Trinajstić information content (AvgIpc) is 2.44. The van der Waals surface area contributed by atoms with Crippen LogP contribution in [0.2, 0.25) is 0 Å². The number of anilines is 2. The lowest BCUT2D eigenvalue weighted by molar-refractivity contribution is 0.273. The maximum absolute atomic E-state index is 5.18. The van der Waals surface area contributed by atoms with Crippen molar-refractivity contribution in [1.29, 1.82) is 0 Å². The highest BCUT2D eigenvalue weighted by atomic mass is 16.5. The fraction of sp³-hybridized carbons (Fsp3) is 0.769. The van der Waals surface area contributed by atoms with Crippen LogP contribution < -0.4 is 15.0 Å². The summed E-state index contributed by atoms with van der Waals surface area (Å²) in [5.41, 5.74) is 0. The number of ether oxygens (including phenoxy) is 1. The summed E-state index contributed by atoms with van der Waals surface area (Å²) in [5.74, 6) is 1.27. The molecule has 0 bridgehead atoms. The molecule has 1 aromatic heterocycles. The van der Waals surface area contributed by atoms with Gasteiger partial charge >= 0.3 is 6.01 Å². The summed E-state index contributed by atoms with van der Waals surface area (Å²) in [6.45, 7) is 8.06. The van der Waals surface area contributed by atoms with Gasteiger partial charge in [-0.15, -0.1) is 0 Å². The van der Waals surface area contributed by atoms with E-state index in [1.807, 2.05) is 0 Å². The quantitative estimate of drug-likeness (QED) is 0.857. The fourth-order valence-corrected chi connectivity index (χ4v) is 2.32. The number of aromatic nitrogens is 3. The highest BCUT2D eigenvalue weighted by molar-refractivity contribution is 5.40. The molecule has 0 aliphatic carbocycles. The lowest BCUT2D eigenvalue weighted by Crippen LogP contribution is -2.51. The van der Waals surface area contributed by atoms with Gasteiger partial charge in [-0.3, -0.25) is 0 Å². The molecule has 1 aromatic rings. The molecule has 0 saturated carbocycles. The molecule has 1 aliphatic heterocycles. The molecule has 0 spiro atoms. The second-order valence-corrected chi connectivity index (χ2v) is 5.18. The Kier molecular flexibility index (Phi) is 4.94. The standard InChI is InChI=1S/C13H24N6O/c1-5-6-14-11-15-12(17-13(16-11)20-4)19-8-7-18(3)9-10(19)2/h10H,5-9H2,1-4H3,(H,14,15,16,17). The van der Waals surface area contributed by atoms with Crippen LogP contribution in [0.25, 0.3) is 0 Å². The van der Waals surface area contributed by atoms with Crippen molar-refractivity contribution in [3.63, 3.8) is 0 Å². The molecule has 2 rings (SSSR count). The molecular weight excluding hydrogens is 256 g/mol. The van der Waals surface area contributed by atoms with Crippen LogP contribution in [0, 0.1) is 0 Å². The van der Waals surface area contributed by atoms with Crippen molar-refractivity contribution < 1.29 is 4.74 Å². The summed E-state index contributed by atoms with van der Waals surface area (Å²) in [6.07, 6.45) is 1.02. The lowest BCUT2D eigenvalue weighted by Gasteiger charge is -2.38. The highest BCUT2D eigenvalue weighted by Gasteiger charge is 2.24. The summed E-state index contributed by atoms with van der Waals surface area (Å²) < 4.78 is 5.18. The van der Waals surface area contributed by atoms with E-state index in [0.717, 1.165) is 32.6 Å². The van der Waals surface area contributed by atoms with Gasteiger partial charge in [0.25, 0.3) is 0 Å². The van der Waals surface area contributed by atoms with Crippen LogP contribution >= 0.6 is 0 Å². The molecule has 20 heavy (non-hydrogen) atoms. The molecule has 7 nitrogen and oxygen atoms in total. The second kappa shape index (κ2) is 6.69. The number of nitrogens with zero attached hydrogens (tertiary/aromatic N) is 5. The Hall–Kier alpha value is -1.63. The Labute approximate surface area is 120 Å². The summed E-state index contributed by atoms with van der Waals surface area (Å²) in [6, 6.07) is 0.736. The van der Waals surface area contributed by atoms with Crippen LogP contribution in [0.15, 0.2) is 0 Å². The number of hydrogen-bond donors (Lipinski definition) is 1. The SMILES string of the molecule is CCCNc1nc(OC)nc(N2CCN(C)CC2C)n1. The van der Waals surface area contributed by atoms with Crippen LogP contribution in [0.1, 0.15) is 20.3 Å². The van der Waals surface area contributed by atoms with Crippen LogP contribution in [-0.4, -0.2) is 66.2 Å². The van der Waals surface area contributed by atoms with Crippen molar-refractivity contribution in [2.45, 2.75) is 26.3 Å². The Bertz CT molecular complexity index is 441. The Balaban J connectivity index is 2.21. The Morgan fingerprint density at radius 2 is 2.10 bits per heavy atom. The van der Waals surface area contributed by atoms with E-state index in [9.17, 15) is 0 Å². The minimum absolute atomic E-state index is 0.361. The van der Waals surface area contributed by atoms with Crippen molar-refractivity contribution in [2.24, 2.45) is 0 Å². The Morgan fingerprint density at radius 1 is 1.30 bits per heavy atom. The molecule has 0 amide bonds. The molecule has 1 N–H and O–H groups in total. The van der Waals surface area contributed by atoms with E-state index in [4.69, 9.17) is 4.74 Å². The molecule has 1 saturated heterocycles. The normalized spacial score (nSPS) is 20.0. The summed E-state index contributed by atoms with van der Waals surface area (Å²) >= 11 is 0. The number of rotatable bonds is 5. The van der Waals surface area contributed by atoms with E-state index in [-0.39, 0.29) is 0 Å². The van der Waals surface area contributed by atoms with Crippen LogP contribution in [-0.2, 0) is 0 Å². The second-order valence-electron chi connectivity index (χ2n) is 5.18. The van der Waals surface area contributed by atoms with E-state index in [1.165, 1.54) is 0 Å². The number of likely N-dealkylation sites (N-methyl/N-ethyl adjacent to an activating group) is 1. The molecule has 0 radical (unpaired) electrons. The largest absolute Gasteiger partial charge is 0.467 e. The van der Waals surface area contributed by atoms with Gasteiger partial charge in [0.2, 0.25) is 11.9 Å². The van der Waals surface area contributed by atoms with Crippen LogP contribution in [0.3, 0.4) is 0 Å². The topological polar surface area (TPSA) is 66.4 Å². The van der Waals surface area contributed by atoms with Crippen LogP contribution in [0.4, 0.5) is 11.9 Å². The first-order valence-corrected chi connectivity index (χ1v) is 7.13. The minimum Gasteiger partial charge on any atom is -0.467 e. The molecule has 2 heterocycles. The smallest absolute Gasteiger partial charge is 0.322 e. The molecule has 1 aliphatic rings. The molecule has 112 valence electrons. The first kappa shape index (κ1) is 14.8. The lowest BCUT2D eigenvalue weighted by atomic mass is 10.2. The van der Waals surface area contributed by atoms with E-state index < -0.39 is 0 Å². The van der Waals surface area contributed by atoms with E-state index in [1.54, 1.807) is 7.11 Å². The third kappa shape index (κ3) is 3.47. The highest BCUT2D eigenvalue weighted by Crippen LogP contribution is 2.19. The maximum atomic E-state index is 5.18. The third-order valence-electron chi connectivity index (χ3n) is 3.41. The fourth-order valence-electron chi connectivity index (χ4n) is 2.32. The number of methoxy groups -OCH3 is 1. The number of nitrogens with one attached hydrogen (secondary N) is 1. The first-order valence-electron chi connectivity index (χ1n) is 7.13. The predicted octanol–water partition coefficient (Wildman–Crippen LogP) is 0.842. The van der Waals surface area contributed by atoms with Crippen molar-refractivity contribution in [2.75, 3.05) is 50.6 Å². The minimum atomic E-state index is 0.361. The summed E-state index contributed by atoms with van der Waals surface area (Å²) in [7, 11) is 3.71. The zero-order valence-electron chi connectivity index (χ0n) is 12.8. The van der Waals surface area contributed by atoms with E-state index in [0.29, 0.717) is 23.9 Å². The average molecular weight is 280 g/mol. The van der Waals surface area contributed by atoms with Crippen molar-refractivity contribution in [3.05, 3.63) is 0 Å². The monoisotopic (exact) mass is 280 g/mol. The van der Waals surface area contributed by atoms with Gasteiger partial charge in [0.05, 0.1) is 7.11 Å². The van der Waals surface area contributed by atoms with Gasteiger partial charge in [-0.1, -0.05) is 6.92 Å². The molecule has 1 atom stereocenters. The molecule has 1 fully saturated rings. The molecule has 0 aromatic carbocycles. The first-order chi connectivity index (χ1) is 9.63. The molecule has 7 heteroatoms. The zero-order valence-corrected chi connectivity index (χ0v) is 12.8. The van der Waals surface area contributed by atoms with Gasteiger partial charge in [0.1, 0.15) is 0 Å². The van der Waals surface area contributed by atoms with Gasteiger partial charge < -0.3 is 19.9 Å². The number of piperazine rings is 1. The molecule has 1 unspecified atom stereocenters. The predicted molar refractivity (Wildman–Crippen MR) is 79.5 cm³/mol. The van der Waals surface area contributed by atoms with Crippen molar-refractivity contribution in [1.82, 2.24) is 19.9 Å². The van der Waals surface area contributed by atoms with Gasteiger partial charge in [-0.2, -0.15) is 15.0 Å². The summed E-state index contributed by atoms with van der Waals surface area (Å²) in [5, 5.41) is 3.19. The van der Waals surface area contributed by atoms with Crippen molar-refractivity contribution >= 4 is 11.9 Å². The summed E-state index contributed by atoms with van der Waals surface area (Å²) in [4.78, 5) is 17.7.